The van der Waals surface area contributed by atoms with Crippen molar-refractivity contribution in [1.29, 1.82) is 0 Å². The molecule has 0 aliphatic carbocycles. The van der Waals surface area contributed by atoms with Gasteiger partial charge in [0.15, 0.2) is 0 Å². The molecular formula is C6H8ClN. The van der Waals surface area contributed by atoms with E-state index < -0.39 is 0 Å². The van der Waals surface area contributed by atoms with Gasteiger partial charge in [-0.3, -0.25) is 5.32 Å². The van der Waals surface area contributed by atoms with Crippen LogP contribution >= 0.6 is 12.4 Å². The Balaban J connectivity index is 0. The third kappa shape index (κ3) is 9.03. The molecular weight excluding hydrogens is 122 g/mol. The van der Waals surface area contributed by atoms with Crippen molar-refractivity contribution in [2.24, 2.45) is 0 Å². The highest BCUT2D eigenvalue weighted by atomic mass is 35.5. The van der Waals surface area contributed by atoms with E-state index in [0.29, 0.717) is 13.1 Å². The van der Waals surface area contributed by atoms with Crippen molar-refractivity contribution in [3.8, 4) is 24.7 Å². The maximum atomic E-state index is 4.89. The van der Waals surface area contributed by atoms with Crippen LogP contribution in [0, 0.1) is 24.7 Å². The van der Waals surface area contributed by atoms with E-state index in [1.165, 1.54) is 0 Å². The Kier molecular flexibility index (Phi) is 12.5. The van der Waals surface area contributed by atoms with Gasteiger partial charge < -0.3 is 0 Å². The predicted octanol–water partition coefficient (Wildman–Crippen LogP) is 0.264. The van der Waals surface area contributed by atoms with Crippen molar-refractivity contribution in [3.05, 3.63) is 0 Å². The average molecular weight is 130 g/mol. The minimum absolute atomic E-state index is 0. The SMILES string of the molecule is C#CCNCC#C.Cl. The largest absolute Gasteiger partial charge is 0.295 e. The van der Waals surface area contributed by atoms with Crippen molar-refractivity contribution in [3.63, 3.8) is 0 Å². The van der Waals surface area contributed by atoms with E-state index in [4.69, 9.17) is 12.8 Å². The molecule has 8 heavy (non-hydrogen) atoms. The molecule has 2 heteroatoms. The van der Waals surface area contributed by atoms with Gasteiger partial charge in [0.05, 0.1) is 13.1 Å². The van der Waals surface area contributed by atoms with Gasteiger partial charge in [0.1, 0.15) is 0 Å². The van der Waals surface area contributed by atoms with Gasteiger partial charge in [-0.05, 0) is 0 Å². The van der Waals surface area contributed by atoms with E-state index >= 15 is 0 Å². The van der Waals surface area contributed by atoms with Crippen LogP contribution in [-0.2, 0) is 0 Å². The summed E-state index contributed by atoms with van der Waals surface area (Å²) in [5, 5.41) is 2.81. The summed E-state index contributed by atoms with van der Waals surface area (Å²) in [5.41, 5.74) is 0. The minimum Gasteiger partial charge on any atom is -0.295 e. The first kappa shape index (κ1) is 10.4. The zero-order valence-electron chi connectivity index (χ0n) is 4.48. The zero-order chi connectivity index (χ0) is 5.54. The van der Waals surface area contributed by atoms with Crippen LogP contribution in [0.5, 0.6) is 0 Å². The Bertz CT molecular complexity index is 92.7. The van der Waals surface area contributed by atoms with Crippen molar-refractivity contribution in [2.45, 2.75) is 0 Å². The number of hydrogen-bond acceptors (Lipinski definition) is 1. The van der Waals surface area contributed by atoms with Gasteiger partial charge in [-0.15, -0.1) is 25.3 Å². The van der Waals surface area contributed by atoms with E-state index in [1.807, 2.05) is 0 Å². The lowest BCUT2D eigenvalue weighted by molar-refractivity contribution is 0.872. The maximum absolute atomic E-state index is 4.89. The van der Waals surface area contributed by atoms with E-state index in [1.54, 1.807) is 0 Å². The molecule has 0 radical (unpaired) electrons. The second kappa shape index (κ2) is 9.62. The molecule has 0 atom stereocenters. The van der Waals surface area contributed by atoms with Crippen LogP contribution in [0.1, 0.15) is 0 Å². The highest BCUT2D eigenvalue weighted by Crippen LogP contribution is 1.50. The Labute approximate surface area is 56.3 Å². The molecule has 1 N–H and O–H groups in total. The first-order valence-electron chi connectivity index (χ1n) is 1.99. The molecule has 0 unspecified atom stereocenters. The molecule has 0 fully saturated rings. The minimum atomic E-state index is 0. The fourth-order valence-electron chi connectivity index (χ4n) is 0.207. The highest BCUT2D eigenvalue weighted by molar-refractivity contribution is 5.85. The summed E-state index contributed by atoms with van der Waals surface area (Å²) < 4.78 is 0. The van der Waals surface area contributed by atoms with E-state index in [2.05, 4.69) is 17.2 Å². The van der Waals surface area contributed by atoms with Gasteiger partial charge in [-0.1, -0.05) is 11.8 Å². The van der Waals surface area contributed by atoms with Crippen LogP contribution in [0.4, 0.5) is 0 Å². The lowest BCUT2D eigenvalue weighted by Crippen LogP contribution is -2.12. The van der Waals surface area contributed by atoms with Gasteiger partial charge in [0, 0.05) is 0 Å². The van der Waals surface area contributed by atoms with Crippen LogP contribution in [0.15, 0.2) is 0 Å². The van der Waals surface area contributed by atoms with Gasteiger partial charge in [-0.2, -0.15) is 0 Å². The van der Waals surface area contributed by atoms with Crippen LogP contribution in [0.2, 0.25) is 0 Å². The summed E-state index contributed by atoms with van der Waals surface area (Å²) in [5.74, 6) is 4.79. The molecule has 0 aromatic rings. The fourth-order valence-corrected chi connectivity index (χ4v) is 0.207. The standard InChI is InChI=1S/C6H7N.ClH/c1-3-5-7-6-4-2;/h1-2,7H,5-6H2;1H. The quantitative estimate of drug-likeness (QED) is 0.417. The smallest absolute Gasteiger partial charge is 0.0581 e. The third-order valence-corrected chi connectivity index (χ3v) is 0.454. The van der Waals surface area contributed by atoms with Crippen LogP contribution in [-0.4, -0.2) is 13.1 Å². The number of rotatable bonds is 2. The number of hydrogen-bond donors (Lipinski definition) is 1. The topological polar surface area (TPSA) is 12.0 Å². The molecule has 0 spiro atoms. The van der Waals surface area contributed by atoms with E-state index in [0.717, 1.165) is 0 Å². The molecule has 0 saturated carbocycles. The Morgan fingerprint density at radius 1 is 1.12 bits per heavy atom. The molecule has 44 valence electrons. The molecule has 0 amide bonds. The second-order valence-electron chi connectivity index (χ2n) is 1.01. The Hall–Kier alpha value is -0.630. The van der Waals surface area contributed by atoms with Crippen molar-refractivity contribution < 1.29 is 0 Å². The second-order valence-corrected chi connectivity index (χ2v) is 1.01. The Morgan fingerprint density at radius 2 is 1.50 bits per heavy atom. The van der Waals surface area contributed by atoms with Gasteiger partial charge >= 0.3 is 0 Å². The number of nitrogens with one attached hydrogen (secondary N) is 1. The summed E-state index contributed by atoms with van der Waals surface area (Å²) in [4.78, 5) is 0. The number of halogens is 1. The predicted molar refractivity (Wildman–Crippen MR) is 37.8 cm³/mol. The normalized spacial score (nSPS) is 5.75. The van der Waals surface area contributed by atoms with Gasteiger partial charge in [-0.25, -0.2) is 0 Å². The van der Waals surface area contributed by atoms with Crippen LogP contribution in [0.3, 0.4) is 0 Å². The molecule has 0 aromatic carbocycles. The van der Waals surface area contributed by atoms with Gasteiger partial charge in [0.25, 0.3) is 0 Å². The molecule has 0 aliphatic heterocycles. The van der Waals surface area contributed by atoms with Crippen molar-refractivity contribution >= 4 is 12.4 Å². The van der Waals surface area contributed by atoms with Crippen molar-refractivity contribution in [2.75, 3.05) is 13.1 Å². The van der Waals surface area contributed by atoms with E-state index in [9.17, 15) is 0 Å². The molecule has 1 nitrogen and oxygen atoms in total. The first-order valence-corrected chi connectivity index (χ1v) is 1.99. The lowest BCUT2D eigenvalue weighted by Gasteiger charge is -1.86. The molecule has 0 saturated heterocycles. The summed E-state index contributed by atoms with van der Waals surface area (Å²) in [6, 6.07) is 0. The highest BCUT2D eigenvalue weighted by Gasteiger charge is 1.69. The van der Waals surface area contributed by atoms with Crippen molar-refractivity contribution in [1.82, 2.24) is 5.32 Å². The van der Waals surface area contributed by atoms with Gasteiger partial charge in [0.2, 0.25) is 0 Å². The average Bonchev–Trinajstić information content (AvgIpc) is 1.69. The fraction of sp³-hybridized carbons (Fsp3) is 0.333. The lowest BCUT2D eigenvalue weighted by atomic mass is 10.6. The molecule has 0 aliphatic rings. The summed E-state index contributed by atoms with van der Waals surface area (Å²) >= 11 is 0. The molecule has 0 rings (SSSR count). The maximum Gasteiger partial charge on any atom is 0.0581 e. The molecule has 0 aromatic heterocycles. The van der Waals surface area contributed by atoms with Crippen LogP contribution in [0.25, 0.3) is 0 Å². The summed E-state index contributed by atoms with van der Waals surface area (Å²) in [6.45, 7) is 1.12. The number of terminal acetylenes is 2. The first-order chi connectivity index (χ1) is 3.41. The Morgan fingerprint density at radius 3 is 1.75 bits per heavy atom. The monoisotopic (exact) mass is 129 g/mol. The summed E-state index contributed by atoms with van der Waals surface area (Å²) in [6.07, 6.45) is 9.78. The van der Waals surface area contributed by atoms with Crippen LogP contribution < -0.4 is 5.32 Å². The zero-order valence-corrected chi connectivity index (χ0v) is 5.29. The van der Waals surface area contributed by atoms with E-state index in [-0.39, 0.29) is 12.4 Å². The third-order valence-electron chi connectivity index (χ3n) is 0.454. The molecule has 0 heterocycles. The summed E-state index contributed by atoms with van der Waals surface area (Å²) in [7, 11) is 0. The molecule has 0 bridgehead atoms.